The van der Waals surface area contributed by atoms with E-state index in [-0.39, 0.29) is 0 Å². The van der Waals surface area contributed by atoms with Crippen LogP contribution in [0.3, 0.4) is 0 Å². The fourth-order valence-electron chi connectivity index (χ4n) is 1.23. The molecule has 0 saturated carbocycles. The molecule has 0 aliphatic carbocycles. The van der Waals surface area contributed by atoms with Crippen LogP contribution in [0.15, 0.2) is 12.4 Å². The lowest BCUT2D eigenvalue weighted by Gasteiger charge is -2.16. The maximum atomic E-state index is 8.54. The lowest BCUT2D eigenvalue weighted by molar-refractivity contribution is 0.309. The zero-order chi connectivity index (χ0) is 10.6. The molecule has 0 saturated heterocycles. The van der Waals surface area contributed by atoms with Crippen molar-refractivity contribution < 1.29 is 0 Å². The number of hydrogen-bond acceptors (Lipinski definition) is 4. The quantitative estimate of drug-likeness (QED) is 0.713. The van der Waals surface area contributed by atoms with Crippen LogP contribution in [0.25, 0.3) is 0 Å². The van der Waals surface area contributed by atoms with Crippen molar-refractivity contribution in [3.8, 4) is 6.07 Å². The molecule has 0 radical (unpaired) electrons. The van der Waals surface area contributed by atoms with Crippen molar-refractivity contribution >= 4 is 0 Å². The van der Waals surface area contributed by atoms with Crippen LogP contribution in [0.5, 0.6) is 0 Å². The summed E-state index contributed by atoms with van der Waals surface area (Å²) in [6.45, 7) is 1.27. The van der Waals surface area contributed by atoms with Crippen molar-refractivity contribution in [1.82, 2.24) is 14.5 Å². The van der Waals surface area contributed by atoms with Gasteiger partial charge in [-0.1, -0.05) is 0 Å². The first-order chi connectivity index (χ1) is 6.63. The van der Waals surface area contributed by atoms with E-state index < -0.39 is 6.04 Å². The number of likely N-dealkylation sites (N-methyl/N-ethyl adjacent to an activating group) is 1. The van der Waals surface area contributed by atoms with Gasteiger partial charge in [-0.2, -0.15) is 5.26 Å². The number of hydrogen-bond donors (Lipinski definition) is 1. The molecule has 0 aliphatic heterocycles. The molecule has 1 aromatic rings. The molecule has 14 heavy (non-hydrogen) atoms. The van der Waals surface area contributed by atoms with Gasteiger partial charge in [0.1, 0.15) is 11.9 Å². The smallest absolute Gasteiger partial charge is 0.122 e. The van der Waals surface area contributed by atoms with E-state index in [1.165, 1.54) is 0 Å². The average molecular weight is 193 g/mol. The molecular weight excluding hydrogens is 178 g/mol. The third-order valence-electron chi connectivity index (χ3n) is 2.01. The lowest BCUT2D eigenvalue weighted by Crippen LogP contribution is -2.34. The summed E-state index contributed by atoms with van der Waals surface area (Å²) < 4.78 is 1.95. The van der Waals surface area contributed by atoms with Gasteiger partial charge in [-0.25, -0.2) is 4.98 Å². The fourth-order valence-corrected chi connectivity index (χ4v) is 1.23. The molecule has 5 nitrogen and oxygen atoms in total. The Morgan fingerprint density at radius 1 is 1.79 bits per heavy atom. The number of nitrogens with zero attached hydrogens (tertiary/aromatic N) is 4. The molecule has 1 heterocycles. The Labute approximate surface area is 83.8 Å². The maximum absolute atomic E-state index is 8.54. The van der Waals surface area contributed by atoms with Crippen LogP contribution in [-0.2, 0) is 13.6 Å². The van der Waals surface area contributed by atoms with Crippen molar-refractivity contribution in [2.45, 2.75) is 12.6 Å². The molecule has 0 aliphatic rings. The van der Waals surface area contributed by atoms with Gasteiger partial charge in [0.05, 0.1) is 12.6 Å². The van der Waals surface area contributed by atoms with Crippen LogP contribution in [0, 0.1) is 11.3 Å². The first-order valence-corrected chi connectivity index (χ1v) is 4.43. The van der Waals surface area contributed by atoms with Crippen LogP contribution in [-0.4, -0.2) is 34.1 Å². The molecule has 0 spiro atoms. The summed E-state index contributed by atoms with van der Waals surface area (Å²) in [5.74, 6) is 0.970. The van der Waals surface area contributed by atoms with Crippen molar-refractivity contribution in [3.63, 3.8) is 0 Å². The van der Waals surface area contributed by atoms with Gasteiger partial charge in [0.25, 0.3) is 0 Å². The van der Waals surface area contributed by atoms with E-state index in [9.17, 15) is 0 Å². The second kappa shape index (κ2) is 4.74. The van der Waals surface area contributed by atoms with Crippen molar-refractivity contribution in [1.29, 1.82) is 5.26 Å². The van der Waals surface area contributed by atoms with Gasteiger partial charge < -0.3 is 10.3 Å². The molecule has 2 N–H and O–H groups in total. The van der Waals surface area contributed by atoms with Crippen LogP contribution >= 0.6 is 0 Å². The Bertz CT molecular complexity index is 324. The second-order valence-corrected chi connectivity index (χ2v) is 3.39. The summed E-state index contributed by atoms with van der Waals surface area (Å²) in [5, 5.41) is 8.54. The van der Waals surface area contributed by atoms with Crippen LogP contribution < -0.4 is 5.73 Å². The Balaban J connectivity index is 2.46. The highest BCUT2D eigenvalue weighted by Crippen LogP contribution is 1.99. The summed E-state index contributed by atoms with van der Waals surface area (Å²) in [7, 11) is 3.87. The van der Waals surface area contributed by atoms with E-state index in [1.807, 2.05) is 35.8 Å². The van der Waals surface area contributed by atoms with Gasteiger partial charge in [0.15, 0.2) is 0 Å². The summed E-state index contributed by atoms with van der Waals surface area (Å²) in [4.78, 5) is 6.17. The van der Waals surface area contributed by atoms with Gasteiger partial charge in [-0.05, 0) is 7.05 Å². The molecule has 1 rings (SSSR count). The molecule has 1 atom stereocenters. The number of nitrogens with two attached hydrogens (primary N) is 1. The Hall–Kier alpha value is -1.38. The topological polar surface area (TPSA) is 70.9 Å². The summed E-state index contributed by atoms with van der Waals surface area (Å²) in [5.41, 5.74) is 5.51. The Kier molecular flexibility index (Phi) is 3.63. The molecule has 0 bridgehead atoms. The maximum Gasteiger partial charge on any atom is 0.122 e. The Morgan fingerprint density at radius 3 is 3.00 bits per heavy atom. The minimum absolute atomic E-state index is 0.430. The lowest BCUT2D eigenvalue weighted by atomic mass is 10.3. The first-order valence-electron chi connectivity index (χ1n) is 4.43. The minimum atomic E-state index is -0.430. The number of nitriles is 1. The number of aromatic nitrogens is 2. The molecule has 0 amide bonds. The van der Waals surface area contributed by atoms with Crippen molar-refractivity contribution in [3.05, 3.63) is 18.2 Å². The van der Waals surface area contributed by atoms with Gasteiger partial charge in [-0.3, -0.25) is 4.90 Å². The van der Waals surface area contributed by atoms with Crippen LogP contribution in [0.1, 0.15) is 5.82 Å². The second-order valence-electron chi connectivity index (χ2n) is 3.39. The number of aryl methyl sites for hydroxylation is 1. The molecule has 76 valence electrons. The van der Waals surface area contributed by atoms with E-state index in [1.54, 1.807) is 6.20 Å². The molecule has 0 fully saturated rings. The predicted octanol–water partition coefficient (Wildman–Crippen LogP) is -0.297. The van der Waals surface area contributed by atoms with E-state index in [0.717, 1.165) is 5.82 Å². The SMILES string of the molecule is CN(Cc1nccn1C)CC(N)C#N. The summed E-state index contributed by atoms with van der Waals surface area (Å²) in [6, 6.07) is 1.57. The molecule has 5 heteroatoms. The highest BCUT2D eigenvalue weighted by Gasteiger charge is 2.08. The summed E-state index contributed by atoms with van der Waals surface area (Å²) in [6.07, 6.45) is 3.65. The van der Waals surface area contributed by atoms with E-state index in [4.69, 9.17) is 11.0 Å². The van der Waals surface area contributed by atoms with Crippen molar-refractivity contribution in [2.75, 3.05) is 13.6 Å². The highest BCUT2D eigenvalue weighted by atomic mass is 15.2. The molecule has 1 aromatic heterocycles. The standard InChI is InChI=1S/C9H15N5/c1-13(6-8(11)5-10)7-9-12-3-4-14(9)2/h3-4,8H,6-7,11H2,1-2H3. The zero-order valence-electron chi connectivity index (χ0n) is 8.51. The largest absolute Gasteiger partial charge is 0.337 e. The van der Waals surface area contributed by atoms with Crippen LogP contribution in [0.4, 0.5) is 0 Å². The van der Waals surface area contributed by atoms with Gasteiger partial charge in [0.2, 0.25) is 0 Å². The minimum Gasteiger partial charge on any atom is -0.337 e. The normalized spacial score (nSPS) is 12.8. The monoisotopic (exact) mass is 193 g/mol. The predicted molar refractivity (Wildman–Crippen MR) is 53.1 cm³/mol. The Morgan fingerprint density at radius 2 is 2.50 bits per heavy atom. The van der Waals surface area contributed by atoms with Crippen LogP contribution in [0.2, 0.25) is 0 Å². The summed E-state index contributed by atoms with van der Waals surface area (Å²) >= 11 is 0. The van der Waals surface area contributed by atoms with E-state index >= 15 is 0 Å². The highest BCUT2D eigenvalue weighted by molar-refractivity contribution is 4.93. The molecule has 1 unspecified atom stereocenters. The fraction of sp³-hybridized carbons (Fsp3) is 0.556. The van der Waals surface area contributed by atoms with Gasteiger partial charge >= 0.3 is 0 Å². The first kappa shape index (κ1) is 10.7. The van der Waals surface area contributed by atoms with E-state index in [0.29, 0.717) is 13.1 Å². The third kappa shape index (κ3) is 2.83. The van der Waals surface area contributed by atoms with E-state index in [2.05, 4.69) is 4.98 Å². The molecular formula is C9H15N5. The van der Waals surface area contributed by atoms with Gasteiger partial charge in [0, 0.05) is 26.0 Å². The number of imidazole rings is 1. The zero-order valence-corrected chi connectivity index (χ0v) is 8.51. The van der Waals surface area contributed by atoms with Crippen molar-refractivity contribution in [2.24, 2.45) is 12.8 Å². The molecule has 0 aromatic carbocycles. The third-order valence-corrected chi connectivity index (χ3v) is 2.01. The van der Waals surface area contributed by atoms with Gasteiger partial charge in [-0.15, -0.1) is 0 Å². The average Bonchev–Trinajstić information content (AvgIpc) is 2.51. The number of rotatable bonds is 4.